The molecule has 3 nitrogen and oxygen atoms in total. The van der Waals surface area contributed by atoms with Crippen molar-refractivity contribution in [3.63, 3.8) is 0 Å². The predicted molar refractivity (Wildman–Crippen MR) is 34.0 cm³/mol. The summed E-state index contributed by atoms with van der Waals surface area (Å²) >= 11 is 0. The van der Waals surface area contributed by atoms with Crippen LogP contribution in [0.3, 0.4) is 0 Å². The van der Waals surface area contributed by atoms with Gasteiger partial charge in [0.2, 0.25) is 0 Å². The van der Waals surface area contributed by atoms with Crippen LogP contribution in [0.25, 0.3) is 0 Å². The Morgan fingerprint density at radius 3 is 3.00 bits per heavy atom. The van der Waals surface area contributed by atoms with E-state index in [-0.39, 0.29) is 12.3 Å². The highest BCUT2D eigenvalue weighted by Crippen LogP contribution is 2.06. The summed E-state index contributed by atoms with van der Waals surface area (Å²) in [4.78, 5) is 0. The minimum atomic E-state index is -0.301. The molecule has 0 bridgehead atoms. The minimum absolute atomic E-state index is 0.116. The van der Waals surface area contributed by atoms with Crippen LogP contribution in [0.2, 0.25) is 0 Å². The van der Waals surface area contributed by atoms with Crippen LogP contribution in [-0.4, -0.2) is 30.6 Å². The van der Waals surface area contributed by atoms with Gasteiger partial charge in [0.25, 0.3) is 0 Å². The molecule has 1 heterocycles. The highest BCUT2D eigenvalue weighted by Gasteiger charge is 2.23. The van der Waals surface area contributed by atoms with Crippen LogP contribution in [0.1, 0.15) is 13.3 Å². The monoisotopic (exact) mass is 131 g/mol. The molecule has 3 heteroatoms. The van der Waals surface area contributed by atoms with E-state index in [1.54, 1.807) is 0 Å². The van der Waals surface area contributed by atoms with Crippen molar-refractivity contribution < 1.29 is 9.84 Å². The van der Waals surface area contributed by atoms with Gasteiger partial charge in [-0.1, -0.05) is 0 Å². The van der Waals surface area contributed by atoms with Gasteiger partial charge in [-0.05, 0) is 13.3 Å². The van der Waals surface area contributed by atoms with Crippen molar-refractivity contribution in [2.75, 3.05) is 13.2 Å². The van der Waals surface area contributed by atoms with Crippen LogP contribution in [0, 0.1) is 0 Å². The second-order valence-electron chi connectivity index (χ2n) is 2.19. The van der Waals surface area contributed by atoms with E-state index in [0.29, 0.717) is 6.61 Å². The zero-order valence-electron chi connectivity index (χ0n) is 5.63. The lowest BCUT2D eigenvalue weighted by molar-refractivity contribution is -0.0245. The molecule has 0 unspecified atom stereocenters. The van der Waals surface area contributed by atoms with Crippen molar-refractivity contribution in [3.8, 4) is 0 Å². The van der Waals surface area contributed by atoms with Crippen LogP contribution in [0.5, 0.6) is 0 Å². The lowest BCUT2D eigenvalue weighted by Gasteiger charge is -2.13. The molecule has 0 aromatic carbocycles. The van der Waals surface area contributed by atoms with Crippen molar-refractivity contribution in [3.05, 3.63) is 0 Å². The van der Waals surface area contributed by atoms with E-state index >= 15 is 0 Å². The smallest absolute Gasteiger partial charge is 0.134 e. The molecule has 0 aromatic heterocycles. The minimum Gasteiger partial charge on any atom is -0.389 e. The standard InChI is InChI=1S/C6H13NO2/c1-2-9-6-5(8)3-4-7-6/h5-8H,2-4H2,1H3/t5-,6-/m0/s1. The first-order chi connectivity index (χ1) is 4.34. The summed E-state index contributed by atoms with van der Waals surface area (Å²) in [5, 5.41) is 12.2. The van der Waals surface area contributed by atoms with Crippen molar-refractivity contribution in [1.29, 1.82) is 0 Å². The van der Waals surface area contributed by atoms with E-state index in [9.17, 15) is 0 Å². The van der Waals surface area contributed by atoms with E-state index in [2.05, 4.69) is 5.32 Å². The Kier molecular flexibility index (Phi) is 2.45. The molecule has 0 radical (unpaired) electrons. The van der Waals surface area contributed by atoms with E-state index in [1.807, 2.05) is 6.92 Å². The normalized spacial score (nSPS) is 35.3. The van der Waals surface area contributed by atoms with Crippen LogP contribution in [0.4, 0.5) is 0 Å². The third-order valence-electron chi connectivity index (χ3n) is 1.48. The van der Waals surface area contributed by atoms with E-state index in [1.165, 1.54) is 0 Å². The Morgan fingerprint density at radius 1 is 1.78 bits per heavy atom. The molecule has 1 fully saturated rings. The Hall–Kier alpha value is -0.120. The maximum atomic E-state index is 9.13. The molecule has 1 saturated heterocycles. The fraction of sp³-hybridized carbons (Fsp3) is 1.00. The summed E-state index contributed by atoms with van der Waals surface area (Å²) in [6.45, 7) is 3.45. The van der Waals surface area contributed by atoms with E-state index in [4.69, 9.17) is 9.84 Å². The lowest BCUT2D eigenvalue weighted by Crippen LogP contribution is -2.32. The molecule has 1 aliphatic heterocycles. The molecule has 9 heavy (non-hydrogen) atoms. The number of aliphatic hydroxyl groups excluding tert-OH is 1. The summed E-state index contributed by atoms with van der Waals surface area (Å²) in [7, 11) is 0. The number of nitrogens with one attached hydrogen (secondary N) is 1. The average Bonchev–Trinajstić information content (AvgIpc) is 2.18. The number of hydrogen-bond donors (Lipinski definition) is 2. The van der Waals surface area contributed by atoms with Crippen LogP contribution in [-0.2, 0) is 4.74 Å². The largest absolute Gasteiger partial charge is 0.389 e. The molecule has 0 aliphatic carbocycles. The second kappa shape index (κ2) is 3.15. The first-order valence-corrected chi connectivity index (χ1v) is 3.37. The van der Waals surface area contributed by atoms with Crippen LogP contribution in [0.15, 0.2) is 0 Å². The van der Waals surface area contributed by atoms with Gasteiger partial charge in [0.15, 0.2) is 0 Å². The molecule has 0 aromatic rings. The van der Waals surface area contributed by atoms with Gasteiger partial charge in [-0.25, -0.2) is 0 Å². The van der Waals surface area contributed by atoms with Crippen molar-refractivity contribution in [1.82, 2.24) is 5.32 Å². The Labute approximate surface area is 55.0 Å². The van der Waals surface area contributed by atoms with Crippen molar-refractivity contribution in [2.45, 2.75) is 25.7 Å². The lowest BCUT2D eigenvalue weighted by atomic mass is 10.3. The van der Waals surface area contributed by atoms with Crippen molar-refractivity contribution in [2.24, 2.45) is 0 Å². The first kappa shape index (κ1) is 6.99. The molecule has 2 atom stereocenters. The molecule has 1 aliphatic rings. The highest BCUT2D eigenvalue weighted by atomic mass is 16.5. The van der Waals surface area contributed by atoms with Gasteiger partial charge in [-0.3, -0.25) is 5.32 Å². The third-order valence-corrected chi connectivity index (χ3v) is 1.48. The molecular weight excluding hydrogens is 118 g/mol. The van der Waals surface area contributed by atoms with Gasteiger partial charge >= 0.3 is 0 Å². The first-order valence-electron chi connectivity index (χ1n) is 3.37. The Morgan fingerprint density at radius 2 is 2.56 bits per heavy atom. The van der Waals surface area contributed by atoms with Gasteiger partial charge in [0.1, 0.15) is 6.23 Å². The van der Waals surface area contributed by atoms with Gasteiger partial charge in [-0.15, -0.1) is 0 Å². The average molecular weight is 131 g/mol. The van der Waals surface area contributed by atoms with E-state index in [0.717, 1.165) is 13.0 Å². The summed E-state index contributed by atoms with van der Waals surface area (Å²) in [5.41, 5.74) is 0. The highest BCUT2D eigenvalue weighted by molar-refractivity contribution is 4.75. The quantitative estimate of drug-likeness (QED) is 0.540. The molecule has 54 valence electrons. The maximum Gasteiger partial charge on any atom is 0.134 e. The van der Waals surface area contributed by atoms with E-state index < -0.39 is 0 Å². The fourth-order valence-electron chi connectivity index (χ4n) is 1.01. The molecule has 0 amide bonds. The number of hydrogen-bond acceptors (Lipinski definition) is 3. The van der Waals surface area contributed by atoms with Gasteiger partial charge in [0, 0.05) is 13.2 Å². The molecule has 1 rings (SSSR count). The third kappa shape index (κ3) is 1.64. The molecule has 0 spiro atoms. The number of aliphatic hydroxyl groups is 1. The molecular formula is C6H13NO2. The Balaban J connectivity index is 2.22. The number of ether oxygens (including phenoxy) is 1. The SMILES string of the molecule is CCO[C@@H]1NCC[C@@H]1O. The molecule has 2 N–H and O–H groups in total. The maximum absolute atomic E-state index is 9.13. The topological polar surface area (TPSA) is 41.5 Å². The summed E-state index contributed by atoms with van der Waals surface area (Å²) in [6.07, 6.45) is 0.393. The van der Waals surface area contributed by atoms with Crippen molar-refractivity contribution >= 4 is 0 Å². The Bertz CT molecular complexity index is 87.1. The van der Waals surface area contributed by atoms with Gasteiger partial charge in [0.05, 0.1) is 6.10 Å². The van der Waals surface area contributed by atoms with Gasteiger partial charge < -0.3 is 9.84 Å². The summed E-state index contributed by atoms with van der Waals surface area (Å²) in [6, 6.07) is 0. The van der Waals surface area contributed by atoms with Crippen LogP contribution >= 0.6 is 0 Å². The van der Waals surface area contributed by atoms with Crippen LogP contribution < -0.4 is 5.32 Å². The molecule has 0 saturated carbocycles. The number of rotatable bonds is 2. The predicted octanol–water partition coefficient (Wildman–Crippen LogP) is -0.297. The fourth-order valence-corrected chi connectivity index (χ4v) is 1.01. The van der Waals surface area contributed by atoms with Gasteiger partial charge in [-0.2, -0.15) is 0 Å². The zero-order chi connectivity index (χ0) is 6.69. The second-order valence-corrected chi connectivity index (χ2v) is 2.19. The summed E-state index contributed by atoms with van der Waals surface area (Å²) < 4.78 is 5.15. The summed E-state index contributed by atoms with van der Waals surface area (Å²) in [5.74, 6) is 0. The zero-order valence-corrected chi connectivity index (χ0v) is 5.63.